The van der Waals surface area contributed by atoms with Crippen LogP contribution in [-0.4, -0.2) is 35.9 Å². The van der Waals surface area contributed by atoms with Crippen LogP contribution in [-0.2, 0) is 15.8 Å². The largest absolute Gasteiger partial charge is 0.481 e. The molecule has 3 rings (SSSR count). The van der Waals surface area contributed by atoms with Gasteiger partial charge in [-0.1, -0.05) is 12.1 Å². The minimum absolute atomic E-state index is 0.0372. The molecule has 0 aliphatic carbocycles. The molecule has 2 amide bonds. The number of anilines is 1. The normalized spacial score (nSPS) is 15.0. The molecule has 1 unspecified atom stereocenters. The molecule has 0 saturated carbocycles. The third kappa shape index (κ3) is 5.31. The Morgan fingerprint density at radius 3 is 2.40 bits per heavy atom. The quantitative estimate of drug-likeness (QED) is 0.762. The van der Waals surface area contributed by atoms with Crippen molar-refractivity contribution < 1.29 is 27.5 Å². The monoisotopic (exact) mass is 420 g/mol. The van der Waals surface area contributed by atoms with Crippen molar-refractivity contribution in [3.63, 3.8) is 0 Å². The van der Waals surface area contributed by atoms with Crippen molar-refractivity contribution in [1.82, 2.24) is 4.90 Å². The van der Waals surface area contributed by atoms with Crippen LogP contribution >= 0.6 is 0 Å². The van der Waals surface area contributed by atoms with E-state index < -0.39 is 17.8 Å². The fourth-order valence-corrected chi connectivity index (χ4v) is 3.43. The molecule has 1 saturated heterocycles. The number of nitrogens with one attached hydrogen (secondary N) is 1. The summed E-state index contributed by atoms with van der Waals surface area (Å²) in [7, 11) is 0. The van der Waals surface area contributed by atoms with Crippen LogP contribution in [0.4, 0.5) is 18.9 Å². The van der Waals surface area contributed by atoms with Crippen LogP contribution in [0.3, 0.4) is 0 Å². The number of halogens is 3. The first-order valence-electron chi connectivity index (χ1n) is 9.69. The van der Waals surface area contributed by atoms with E-state index >= 15 is 0 Å². The van der Waals surface area contributed by atoms with E-state index in [1.807, 2.05) is 0 Å². The number of nitrogens with zero attached hydrogens (tertiary/aromatic N) is 1. The third-order valence-corrected chi connectivity index (χ3v) is 4.83. The van der Waals surface area contributed by atoms with Gasteiger partial charge in [0.05, 0.1) is 5.56 Å². The predicted octanol–water partition coefficient (Wildman–Crippen LogP) is 4.72. The van der Waals surface area contributed by atoms with E-state index in [0.29, 0.717) is 24.3 Å². The molecular weight excluding hydrogens is 397 g/mol. The van der Waals surface area contributed by atoms with Gasteiger partial charge in [0.2, 0.25) is 5.91 Å². The molecule has 2 aromatic rings. The molecule has 8 heteroatoms. The topological polar surface area (TPSA) is 58.6 Å². The highest BCUT2D eigenvalue weighted by Crippen LogP contribution is 2.36. The van der Waals surface area contributed by atoms with Gasteiger partial charge in [-0.3, -0.25) is 9.59 Å². The average Bonchev–Trinajstić information content (AvgIpc) is 3.21. The van der Waals surface area contributed by atoms with Gasteiger partial charge in [-0.25, -0.2) is 0 Å². The van der Waals surface area contributed by atoms with Gasteiger partial charge in [0.25, 0.3) is 5.91 Å². The number of ether oxygens (including phenoxy) is 1. The van der Waals surface area contributed by atoms with Gasteiger partial charge < -0.3 is 15.0 Å². The van der Waals surface area contributed by atoms with Crippen LogP contribution in [0.2, 0.25) is 0 Å². The zero-order valence-electron chi connectivity index (χ0n) is 16.8. The molecule has 1 heterocycles. The maximum absolute atomic E-state index is 13.5. The number of hydrogen-bond acceptors (Lipinski definition) is 3. The molecule has 1 atom stereocenters. The minimum atomic E-state index is -4.58. The summed E-state index contributed by atoms with van der Waals surface area (Å²) in [6.45, 7) is 4.16. The highest BCUT2D eigenvalue weighted by atomic mass is 19.4. The van der Waals surface area contributed by atoms with E-state index in [0.717, 1.165) is 25.0 Å². The molecule has 0 bridgehead atoms. The van der Waals surface area contributed by atoms with Crippen LogP contribution in [0.1, 0.15) is 32.3 Å². The fraction of sp³-hybridized carbons (Fsp3) is 0.364. The summed E-state index contributed by atoms with van der Waals surface area (Å²) < 4.78 is 46.0. The molecule has 160 valence electrons. The first-order chi connectivity index (χ1) is 14.1. The maximum Gasteiger partial charge on any atom is 0.416 e. The van der Waals surface area contributed by atoms with E-state index in [9.17, 15) is 22.8 Å². The Balaban J connectivity index is 1.92. The highest BCUT2D eigenvalue weighted by molar-refractivity contribution is 5.89. The summed E-state index contributed by atoms with van der Waals surface area (Å²) >= 11 is 0. The zero-order chi connectivity index (χ0) is 21.9. The van der Waals surface area contributed by atoms with Crippen LogP contribution in [0, 0.1) is 0 Å². The standard InChI is InChI=1S/C22H23F3N2O3/c1-14(21(29)27-8-3-4-9-27)30-20-12-17(10-18(13-20)22(23,24)25)16-6-5-7-19(11-16)26-15(2)28/h5-7,10-14H,3-4,8-9H2,1-2H3,(H,26,28). The van der Waals surface area contributed by atoms with E-state index in [-0.39, 0.29) is 23.1 Å². The maximum atomic E-state index is 13.5. The van der Waals surface area contributed by atoms with Crippen LogP contribution < -0.4 is 10.1 Å². The van der Waals surface area contributed by atoms with Crippen molar-refractivity contribution in [2.24, 2.45) is 0 Å². The Morgan fingerprint density at radius 2 is 1.77 bits per heavy atom. The van der Waals surface area contributed by atoms with Crippen molar-refractivity contribution in [3.05, 3.63) is 48.0 Å². The number of likely N-dealkylation sites (tertiary alicyclic amines) is 1. The molecule has 1 fully saturated rings. The van der Waals surface area contributed by atoms with Crippen LogP contribution in [0.15, 0.2) is 42.5 Å². The molecule has 1 N–H and O–H groups in total. The van der Waals surface area contributed by atoms with Crippen molar-refractivity contribution in [1.29, 1.82) is 0 Å². The summed E-state index contributed by atoms with van der Waals surface area (Å²) in [6, 6.07) is 9.90. The van der Waals surface area contributed by atoms with E-state index in [2.05, 4.69) is 5.32 Å². The summed E-state index contributed by atoms with van der Waals surface area (Å²) in [6.07, 6.45) is -3.65. The van der Waals surface area contributed by atoms with Gasteiger partial charge in [-0.2, -0.15) is 13.2 Å². The molecule has 30 heavy (non-hydrogen) atoms. The lowest BCUT2D eigenvalue weighted by Crippen LogP contribution is -2.38. The Morgan fingerprint density at radius 1 is 1.07 bits per heavy atom. The summed E-state index contributed by atoms with van der Waals surface area (Å²) in [5.41, 5.74) is 0.349. The van der Waals surface area contributed by atoms with Gasteiger partial charge >= 0.3 is 6.18 Å². The first kappa shape index (κ1) is 21.7. The minimum Gasteiger partial charge on any atom is -0.481 e. The van der Waals surface area contributed by atoms with E-state index in [1.165, 1.54) is 19.9 Å². The number of alkyl halides is 3. The smallest absolute Gasteiger partial charge is 0.416 e. The average molecular weight is 420 g/mol. The van der Waals surface area contributed by atoms with Crippen LogP contribution in [0.25, 0.3) is 11.1 Å². The number of hydrogen-bond donors (Lipinski definition) is 1. The number of amides is 2. The van der Waals surface area contributed by atoms with Crippen molar-refractivity contribution >= 4 is 17.5 Å². The van der Waals surface area contributed by atoms with Gasteiger partial charge in [-0.15, -0.1) is 0 Å². The van der Waals surface area contributed by atoms with Gasteiger partial charge in [0, 0.05) is 25.7 Å². The summed E-state index contributed by atoms with van der Waals surface area (Å²) in [4.78, 5) is 25.4. The molecular formula is C22H23F3N2O3. The van der Waals surface area contributed by atoms with Crippen LogP contribution in [0.5, 0.6) is 5.75 Å². The van der Waals surface area contributed by atoms with Gasteiger partial charge in [-0.05, 0) is 61.2 Å². The Bertz CT molecular complexity index is 937. The second kappa shape index (κ2) is 8.77. The summed E-state index contributed by atoms with van der Waals surface area (Å²) in [5.74, 6) is -0.557. The zero-order valence-corrected chi connectivity index (χ0v) is 16.8. The lowest BCUT2D eigenvalue weighted by atomic mass is 10.0. The van der Waals surface area contributed by atoms with Gasteiger partial charge in [0.1, 0.15) is 5.75 Å². The fourth-order valence-electron chi connectivity index (χ4n) is 3.43. The predicted molar refractivity (Wildman–Crippen MR) is 107 cm³/mol. The molecule has 0 spiro atoms. The lowest BCUT2D eigenvalue weighted by molar-refractivity contribution is -0.137. The second-order valence-corrected chi connectivity index (χ2v) is 7.30. The SMILES string of the molecule is CC(=O)Nc1cccc(-c2cc(OC(C)C(=O)N3CCCC3)cc(C(F)(F)F)c2)c1. The second-order valence-electron chi connectivity index (χ2n) is 7.30. The number of carbonyl (C=O) groups is 2. The molecule has 1 aliphatic heterocycles. The molecule has 0 aromatic heterocycles. The van der Waals surface area contributed by atoms with E-state index in [1.54, 1.807) is 29.2 Å². The molecule has 0 radical (unpaired) electrons. The van der Waals surface area contributed by atoms with E-state index in [4.69, 9.17) is 4.74 Å². The van der Waals surface area contributed by atoms with Crippen molar-refractivity contribution in [2.75, 3.05) is 18.4 Å². The van der Waals surface area contributed by atoms with Gasteiger partial charge in [0.15, 0.2) is 6.10 Å². The number of rotatable bonds is 5. The Kier molecular flexibility index (Phi) is 6.34. The molecule has 5 nitrogen and oxygen atoms in total. The Labute approximate surface area is 172 Å². The highest BCUT2D eigenvalue weighted by Gasteiger charge is 2.32. The lowest BCUT2D eigenvalue weighted by Gasteiger charge is -2.22. The Hall–Kier alpha value is -3.03. The number of carbonyl (C=O) groups excluding carboxylic acids is 2. The molecule has 1 aliphatic rings. The number of benzene rings is 2. The third-order valence-electron chi connectivity index (χ3n) is 4.83. The van der Waals surface area contributed by atoms with Crippen molar-refractivity contribution in [2.45, 2.75) is 39.0 Å². The first-order valence-corrected chi connectivity index (χ1v) is 9.69. The summed E-state index contributed by atoms with van der Waals surface area (Å²) in [5, 5.41) is 2.61. The molecule has 2 aromatic carbocycles. The van der Waals surface area contributed by atoms with Crippen molar-refractivity contribution in [3.8, 4) is 16.9 Å².